The Kier molecular flexibility index (Phi) is 5.05. The van der Waals surface area contributed by atoms with Gasteiger partial charge in [-0.25, -0.2) is 0 Å². The summed E-state index contributed by atoms with van der Waals surface area (Å²) in [5.74, 6) is -0.904. The maximum atomic E-state index is 12.1. The molecule has 0 fully saturated rings. The lowest BCUT2D eigenvalue weighted by atomic mass is 10.1. The molecular formula is C10H7ClF3IO2. The molecule has 1 aromatic rings. The lowest BCUT2D eigenvalue weighted by Crippen LogP contribution is -2.19. The molecule has 0 saturated heterocycles. The summed E-state index contributed by atoms with van der Waals surface area (Å²) in [4.78, 5) is 11.6. The second kappa shape index (κ2) is 5.90. The van der Waals surface area contributed by atoms with Crippen LogP contribution in [-0.2, 0) is 0 Å². The van der Waals surface area contributed by atoms with Crippen molar-refractivity contribution in [2.45, 2.75) is 12.8 Å². The molecule has 0 aliphatic carbocycles. The number of alkyl halides is 4. The van der Waals surface area contributed by atoms with E-state index in [-0.39, 0.29) is 17.9 Å². The average molecular weight is 379 g/mol. The van der Waals surface area contributed by atoms with Gasteiger partial charge in [0.15, 0.2) is 5.78 Å². The summed E-state index contributed by atoms with van der Waals surface area (Å²) in [5.41, 5.74) is -0.0777. The highest BCUT2D eigenvalue weighted by atomic mass is 127. The van der Waals surface area contributed by atoms with Crippen LogP contribution in [0.4, 0.5) is 13.2 Å². The van der Waals surface area contributed by atoms with Crippen LogP contribution in [0.3, 0.4) is 0 Å². The highest BCUT2D eigenvalue weighted by Crippen LogP contribution is 2.30. The van der Waals surface area contributed by atoms with Gasteiger partial charge in [0.1, 0.15) is 5.75 Å². The first-order valence-electron chi connectivity index (χ1n) is 4.48. The van der Waals surface area contributed by atoms with Crippen LogP contribution in [0.1, 0.15) is 16.8 Å². The largest absolute Gasteiger partial charge is 0.573 e. The number of Topliss-reactive ketones (excluding diaryl/α,β-unsaturated/α-hetero) is 1. The van der Waals surface area contributed by atoms with Gasteiger partial charge in [-0.2, -0.15) is 0 Å². The molecule has 0 saturated carbocycles. The zero-order chi connectivity index (χ0) is 13.1. The monoisotopic (exact) mass is 378 g/mol. The van der Waals surface area contributed by atoms with Crippen LogP contribution in [0.25, 0.3) is 0 Å². The molecule has 0 N–H and O–H groups in total. The number of benzene rings is 1. The molecule has 0 aliphatic rings. The molecule has 0 spiro atoms. The topological polar surface area (TPSA) is 26.3 Å². The molecule has 1 rings (SSSR count). The molecule has 0 bridgehead atoms. The maximum Gasteiger partial charge on any atom is 0.573 e. The second-order valence-corrected chi connectivity index (χ2v) is 4.56. The molecule has 0 atom stereocenters. The van der Waals surface area contributed by atoms with Gasteiger partial charge >= 0.3 is 6.36 Å². The summed E-state index contributed by atoms with van der Waals surface area (Å²) in [6.45, 7) is 0. The van der Waals surface area contributed by atoms with Gasteiger partial charge in [0.05, 0.1) is 5.56 Å². The van der Waals surface area contributed by atoms with Crippen LogP contribution in [0.5, 0.6) is 5.75 Å². The van der Waals surface area contributed by atoms with Crippen molar-refractivity contribution >= 4 is 40.0 Å². The lowest BCUT2D eigenvalue weighted by Gasteiger charge is -2.13. The van der Waals surface area contributed by atoms with Crippen molar-refractivity contribution in [3.8, 4) is 5.75 Å². The van der Waals surface area contributed by atoms with Crippen LogP contribution in [0, 0.1) is 3.57 Å². The predicted octanol–water partition coefficient (Wildman–Crippen LogP) is 4.00. The molecule has 0 heterocycles. The van der Waals surface area contributed by atoms with E-state index in [9.17, 15) is 18.0 Å². The molecule has 0 amide bonds. The second-order valence-electron chi connectivity index (χ2n) is 3.02. The van der Waals surface area contributed by atoms with Gasteiger partial charge < -0.3 is 4.74 Å². The third-order valence-electron chi connectivity index (χ3n) is 1.80. The zero-order valence-electron chi connectivity index (χ0n) is 8.35. The Balaban J connectivity index is 3.13. The Labute approximate surface area is 114 Å². The van der Waals surface area contributed by atoms with Crippen molar-refractivity contribution in [1.29, 1.82) is 0 Å². The number of ether oxygens (including phenoxy) is 1. The predicted molar refractivity (Wildman–Crippen MR) is 65.5 cm³/mol. The van der Waals surface area contributed by atoms with E-state index in [4.69, 9.17) is 11.6 Å². The fourth-order valence-corrected chi connectivity index (χ4v) is 2.14. The van der Waals surface area contributed by atoms with Gasteiger partial charge in [-0.15, -0.1) is 24.8 Å². The van der Waals surface area contributed by atoms with Crippen LogP contribution < -0.4 is 4.74 Å². The van der Waals surface area contributed by atoms with E-state index in [2.05, 4.69) is 4.74 Å². The SMILES string of the molecule is O=C(CCCl)c1c(I)cccc1OC(F)(F)F. The Morgan fingerprint density at radius 2 is 2.06 bits per heavy atom. The summed E-state index contributed by atoms with van der Waals surface area (Å²) in [6, 6.07) is 4.03. The van der Waals surface area contributed by atoms with Gasteiger partial charge in [-0.3, -0.25) is 4.79 Å². The Morgan fingerprint density at radius 3 is 2.59 bits per heavy atom. The number of hydrogen-bond acceptors (Lipinski definition) is 2. The molecule has 0 unspecified atom stereocenters. The smallest absolute Gasteiger partial charge is 0.405 e. The van der Waals surface area contributed by atoms with Crippen molar-refractivity contribution in [3.63, 3.8) is 0 Å². The minimum atomic E-state index is -4.82. The van der Waals surface area contributed by atoms with Crippen LogP contribution >= 0.6 is 34.2 Å². The molecule has 7 heteroatoms. The van der Waals surface area contributed by atoms with Gasteiger partial charge in [0, 0.05) is 15.9 Å². The molecular weight excluding hydrogens is 371 g/mol. The number of halogens is 5. The van der Waals surface area contributed by atoms with E-state index >= 15 is 0 Å². The lowest BCUT2D eigenvalue weighted by molar-refractivity contribution is -0.274. The number of ketones is 1. The van der Waals surface area contributed by atoms with Crippen LogP contribution in [0.2, 0.25) is 0 Å². The Bertz CT molecular complexity index is 421. The molecule has 17 heavy (non-hydrogen) atoms. The summed E-state index contributed by atoms with van der Waals surface area (Å²) < 4.78 is 40.6. The number of rotatable bonds is 4. The van der Waals surface area contributed by atoms with E-state index < -0.39 is 17.9 Å². The van der Waals surface area contributed by atoms with Crippen molar-refractivity contribution in [2.75, 3.05) is 5.88 Å². The Hall–Kier alpha value is -0.500. The van der Waals surface area contributed by atoms with Gasteiger partial charge in [-0.1, -0.05) is 6.07 Å². The first kappa shape index (κ1) is 14.6. The highest BCUT2D eigenvalue weighted by Gasteiger charge is 2.33. The number of carbonyl (C=O) groups is 1. The van der Waals surface area contributed by atoms with Crippen molar-refractivity contribution < 1.29 is 22.7 Å². The van der Waals surface area contributed by atoms with E-state index in [1.165, 1.54) is 12.1 Å². The van der Waals surface area contributed by atoms with Crippen molar-refractivity contribution in [3.05, 3.63) is 27.3 Å². The summed E-state index contributed by atoms with van der Waals surface area (Å²) in [5, 5.41) is 0. The van der Waals surface area contributed by atoms with Crippen molar-refractivity contribution in [2.24, 2.45) is 0 Å². The number of carbonyl (C=O) groups excluding carboxylic acids is 1. The normalized spacial score (nSPS) is 11.4. The first-order valence-corrected chi connectivity index (χ1v) is 6.10. The third-order valence-corrected chi connectivity index (χ3v) is 2.89. The molecule has 0 aromatic heterocycles. The number of hydrogen-bond donors (Lipinski definition) is 0. The molecule has 0 radical (unpaired) electrons. The van der Waals surface area contributed by atoms with Crippen LogP contribution in [0.15, 0.2) is 18.2 Å². The maximum absolute atomic E-state index is 12.1. The minimum absolute atomic E-state index is 0.0320. The highest BCUT2D eigenvalue weighted by molar-refractivity contribution is 14.1. The molecule has 94 valence electrons. The zero-order valence-corrected chi connectivity index (χ0v) is 11.3. The third kappa shape index (κ3) is 4.34. The van der Waals surface area contributed by atoms with Crippen LogP contribution in [-0.4, -0.2) is 18.0 Å². The standard InChI is InChI=1S/C10H7ClF3IO2/c11-5-4-7(16)9-6(15)2-1-3-8(9)17-10(12,13)14/h1-3H,4-5H2. The molecule has 2 nitrogen and oxygen atoms in total. The molecule has 1 aromatic carbocycles. The summed E-state index contributed by atoms with van der Waals surface area (Å²) >= 11 is 7.18. The summed E-state index contributed by atoms with van der Waals surface area (Å²) in [6.07, 6.45) is -4.85. The van der Waals surface area contributed by atoms with E-state index in [0.29, 0.717) is 3.57 Å². The summed E-state index contributed by atoms with van der Waals surface area (Å²) in [7, 11) is 0. The van der Waals surface area contributed by atoms with E-state index in [1.54, 1.807) is 22.6 Å². The quantitative estimate of drug-likeness (QED) is 0.450. The fraction of sp³-hybridized carbons (Fsp3) is 0.300. The van der Waals surface area contributed by atoms with E-state index in [1.807, 2.05) is 0 Å². The molecule has 0 aliphatic heterocycles. The first-order chi connectivity index (χ1) is 7.85. The van der Waals surface area contributed by atoms with Gasteiger partial charge in [0.25, 0.3) is 0 Å². The van der Waals surface area contributed by atoms with E-state index in [0.717, 1.165) is 6.07 Å². The van der Waals surface area contributed by atoms with Gasteiger partial charge in [-0.05, 0) is 34.7 Å². The van der Waals surface area contributed by atoms with Gasteiger partial charge in [0.2, 0.25) is 0 Å². The average Bonchev–Trinajstić information content (AvgIpc) is 2.15. The minimum Gasteiger partial charge on any atom is -0.405 e. The van der Waals surface area contributed by atoms with Crippen molar-refractivity contribution in [1.82, 2.24) is 0 Å². The Morgan fingerprint density at radius 1 is 1.41 bits per heavy atom. The fourth-order valence-electron chi connectivity index (χ4n) is 1.20.